The van der Waals surface area contributed by atoms with E-state index in [2.05, 4.69) is 5.32 Å². The second kappa shape index (κ2) is 3.84. The molecule has 1 aromatic carbocycles. The van der Waals surface area contributed by atoms with Crippen LogP contribution in [0.1, 0.15) is 18.5 Å². The molecule has 0 spiro atoms. The zero-order valence-electron chi connectivity index (χ0n) is 8.80. The molecule has 1 saturated heterocycles. The number of aromatic hydroxyl groups is 1. The number of hydrogen-bond acceptors (Lipinski definition) is 3. The summed E-state index contributed by atoms with van der Waals surface area (Å²) < 4.78 is 0. The van der Waals surface area contributed by atoms with E-state index < -0.39 is 18.0 Å². The van der Waals surface area contributed by atoms with Crippen molar-refractivity contribution in [2.45, 2.75) is 13.0 Å². The summed E-state index contributed by atoms with van der Waals surface area (Å²) in [5.74, 6) is -0.371. The van der Waals surface area contributed by atoms with E-state index >= 15 is 0 Å². The van der Waals surface area contributed by atoms with Gasteiger partial charge in [0.25, 0.3) is 5.91 Å². The maximum absolute atomic E-state index is 11.6. The smallest absolute Gasteiger partial charge is 0.325 e. The van der Waals surface area contributed by atoms with Crippen LogP contribution in [0.3, 0.4) is 0 Å². The fourth-order valence-electron chi connectivity index (χ4n) is 1.86. The fourth-order valence-corrected chi connectivity index (χ4v) is 1.86. The van der Waals surface area contributed by atoms with E-state index in [1.54, 1.807) is 25.1 Å². The summed E-state index contributed by atoms with van der Waals surface area (Å²) in [7, 11) is 0. The van der Waals surface area contributed by atoms with E-state index in [4.69, 9.17) is 0 Å². The molecular formula is C11H12N2O3. The van der Waals surface area contributed by atoms with Crippen LogP contribution in [0.2, 0.25) is 0 Å². The van der Waals surface area contributed by atoms with Gasteiger partial charge in [-0.1, -0.05) is 18.2 Å². The van der Waals surface area contributed by atoms with Crippen LogP contribution in [-0.4, -0.2) is 28.5 Å². The largest absolute Gasteiger partial charge is 0.508 e. The van der Waals surface area contributed by atoms with Crippen LogP contribution in [-0.2, 0) is 4.79 Å². The first-order valence-corrected chi connectivity index (χ1v) is 5.04. The van der Waals surface area contributed by atoms with Crippen LogP contribution in [0.25, 0.3) is 0 Å². The van der Waals surface area contributed by atoms with Crippen molar-refractivity contribution in [2.24, 2.45) is 0 Å². The van der Waals surface area contributed by atoms with Gasteiger partial charge in [-0.15, -0.1) is 0 Å². The number of nitrogens with one attached hydrogen (secondary N) is 1. The van der Waals surface area contributed by atoms with Gasteiger partial charge in [0.15, 0.2) is 0 Å². The molecule has 0 radical (unpaired) electrons. The van der Waals surface area contributed by atoms with Crippen LogP contribution in [0.5, 0.6) is 5.75 Å². The van der Waals surface area contributed by atoms with E-state index in [0.717, 1.165) is 0 Å². The second-order valence-corrected chi connectivity index (χ2v) is 3.54. The number of benzene rings is 1. The highest BCUT2D eigenvalue weighted by Crippen LogP contribution is 2.31. The van der Waals surface area contributed by atoms with Crippen molar-refractivity contribution in [1.82, 2.24) is 10.2 Å². The molecule has 5 nitrogen and oxygen atoms in total. The van der Waals surface area contributed by atoms with Crippen molar-refractivity contribution in [3.63, 3.8) is 0 Å². The molecular weight excluding hydrogens is 208 g/mol. The van der Waals surface area contributed by atoms with Crippen LogP contribution in [0, 0.1) is 0 Å². The monoisotopic (exact) mass is 220 g/mol. The Bertz CT molecular complexity index is 445. The minimum absolute atomic E-state index is 0.0239. The molecule has 0 bridgehead atoms. The highest BCUT2D eigenvalue weighted by molar-refractivity contribution is 6.04. The van der Waals surface area contributed by atoms with Crippen molar-refractivity contribution in [3.05, 3.63) is 29.8 Å². The third kappa shape index (κ3) is 1.50. The van der Waals surface area contributed by atoms with Crippen LogP contribution >= 0.6 is 0 Å². The molecule has 3 amide bonds. The number of urea groups is 1. The molecule has 1 aromatic rings. The maximum Gasteiger partial charge on any atom is 0.325 e. The number of likely N-dealkylation sites (N-methyl/N-ethyl adjacent to an activating group) is 1. The van der Waals surface area contributed by atoms with Gasteiger partial charge >= 0.3 is 6.03 Å². The third-order valence-corrected chi connectivity index (χ3v) is 2.62. The Labute approximate surface area is 92.7 Å². The molecule has 84 valence electrons. The molecule has 0 aromatic heterocycles. The second-order valence-electron chi connectivity index (χ2n) is 3.54. The van der Waals surface area contributed by atoms with Gasteiger partial charge in [-0.2, -0.15) is 0 Å². The lowest BCUT2D eigenvalue weighted by Crippen LogP contribution is -2.29. The number of nitrogens with zero attached hydrogens (tertiary/aromatic N) is 1. The van der Waals surface area contributed by atoms with Crippen molar-refractivity contribution in [3.8, 4) is 5.75 Å². The Morgan fingerprint density at radius 2 is 2.06 bits per heavy atom. The molecule has 0 aliphatic carbocycles. The van der Waals surface area contributed by atoms with E-state index in [-0.39, 0.29) is 5.75 Å². The van der Waals surface area contributed by atoms with Crippen molar-refractivity contribution >= 4 is 11.9 Å². The molecule has 1 atom stereocenters. The lowest BCUT2D eigenvalue weighted by atomic mass is 10.1. The number of para-hydroxylation sites is 1. The zero-order chi connectivity index (χ0) is 11.7. The summed E-state index contributed by atoms with van der Waals surface area (Å²) in [5, 5.41) is 11.9. The van der Waals surface area contributed by atoms with Crippen LogP contribution in [0.15, 0.2) is 24.3 Å². The number of amides is 3. The number of hydrogen-bond donors (Lipinski definition) is 2. The molecule has 0 unspecified atom stereocenters. The van der Waals surface area contributed by atoms with Crippen molar-refractivity contribution < 1.29 is 14.7 Å². The Morgan fingerprint density at radius 1 is 1.38 bits per heavy atom. The number of phenols is 1. The summed E-state index contributed by atoms with van der Waals surface area (Å²) >= 11 is 0. The quantitative estimate of drug-likeness (QED) is 0.730. The Morgan fingerprint density at radius 3 is 2.69 bits per heavy atom. The SMILES string of the molecule is CCN1C(=O)NC(=O)[C@@H]1c1ccccc1O. The molecule has 5 heteroatoms. The summed E-state index contributed by atoms with van der Waals surface area (Å²) in [5.41, 5.74) is 0.452. The number of rotatable bonds is 2. The Kier molecular flexibility index (Phi) is 2.52. The van der Waals surface area contributed by atoms with Crippen molar-refractivity contribution in [1.29, 1.82) is 0 Å². The lowest BCUT2D eigenvalue weighted by Gasteiger charge is -2.20. The van der Waals surface area contributed by atoms with Crippen LogP contribution < -0.4 is 5.32 Å². The van der Waals surface area contributed by atoms with E-state index in [0.29, 0.717) is 12.1 Å². The van der Waals surface area contributed by atoms with Gasteiger partial charge in [0, 0.05) is 12.1 Å². The van der Waals surface area contributed by atoms with Gasteiger partial charge in [-0.25, -0.2) is 4.79 Å². The van der Waals surface area contributed by atoms with E-state index in [1.807, 2.05) is 0 Å². The normalized spacial score (nSPS) is 20.1. The van der Waals surface area contributed by atoms with Gasteiger partial charge in [-0.3, -0.25) is 10.1 Å². The molecule has 1 aliphatic rings. The van der Waals surface area contributed by atoms with Crippen molar-refractivity contribution in [2.75, 3.05) is 6.54 Å². The molecule has 0 saturated carbocycles. The molecule has 1 fully saturated rings. The first-order chi connectivity index (χ1) is 7.65. The van der Waals surface area contributed by atoms with Gasteiger partial charge in [0.05, 0.1) is 0 Å². The molecule has 1 heterocycles. The minimum Gasteiger partial charge on any atom is -0.508 e. The standard InChI is InChI=1S/C11H12N2O3/c1-2-13-9(10(15)12-11(13)16)7-5-3-4-6-8(7)14/h3-6,9,14H,2H2,1H3,(H,12,15,16)/t9-/m0/s1. The average molecular weight is 220 g/mol. The third-order valence-electron chi connectivity index (χ3n) is 2.62. The Balaban J connectivity index is 2.43. The predicted molar refractivity (Wildman–Crippen MR) is 56.8 cm³/mol. The van der Waals surface area contributed by atoms with Gasteiger partial charge in [-0.05, 0) is 13.0 Å². The summed E-state index contributed by atoms with van der Waals surface area (Å²) in [6, 6.07) is 5.39. The predicted octanol–water partition coefficient (Wildman–Crippen LogP) is 1.00. The number of phenolic OH excluding ortho intramolecular Hbond substituents is 1. The molecule has 16 heavy (non-hydrogen) atoms. The number of carbonyl (C=O) groups excluding carboxylic acids is 2. The van der Waals surface area contributed by atoms with E-state index in [1.165, 1.54) is 11.0 Å². The summed E-state index contributed by atoms with van der Waals surface area (Å²) in [6.45, 7) is 2.20. The Hall–Kier alpha value is -2.04. The summed E-state index contributed by atoms with van der Waals surface area (Å²) in [6.07, 6.45) is 0. The van der Waals surface area contributed by atoms with Gasteiger partial charge in [0.1, 0.15) is 11.8 Å². The number of carbonyl (C=O) groups is 2. The van der Waals surface area contributed by atoms with Gasteiger partial charge in [0.2, 0.25) is 0 Å². The molecule has 1 aliphatic heterocycles. The van der Waals surface area contributed by atoms with Gasteiger partial charge < -0.3 is 10.0 Å². The molecule has 2 N–H and O–H groups in total. The molecule has 2 rings (SSSR count). The average Bonchev–Trinajstić information content (AvgIpc) is 2.54. The first kappa shape index (κ1) is 10.5. The maximum atomic E-state index is 11.6. The highest BCUT2D eigenvalue weighted by Gasteiger charge is 2.39. The zero-order valence-corrected chi connectivity index (χ0v) is 8.80. The lowest BCUT2D eigenvalue weighted by molar-refractivity contribution is -0.121. The van der Waals surface area contributed by atoms with Crippen LogP contribution in [0.4, 0.5) is 4.79 Å². The first-order valence-electron chi connectivity index (χ1n) is 5.04. The topological polar surface area (TPSA) is 69.6 Å². The highest BCUT2D eigenvalue weighted by atomic mass is 16.3. The van der Waals surface area contributed by atoms with E-state index in [9.17, 15) is 14.7 Å². The fraction of sp³-hybridized carbons (Fsp3) is 0.273. The summed E-state index contributed by atoms with van der Waals surface area (Å²) in [4.78, 5) is 24.4. The number of imide groups is 1. The minimum atomic E-state index is -0.723.